The van der Waals surface area contributed by atoms with Crippen molar-refractivity contribution in [2.45, 2.75) is 45.8 Å². The minimum Gasteiger partial charge on any atom is -0.361 e. The van der Waals surface area contributed by atoms with Crippen LogP contribution in [0.2, 0.25) is 0 Å². The Labute approximate surface area is 62.8 Å². The summed E-state index contributed by atoms with van der Waals surface area (Å²) in [4.78, 5) is 0. The van der Waals surface area contributed by atoms with Crippen LogP contribution in [0.3, 0.4) is 0 Å². The Hall–Kier alpha value is -0.550. The zero-order valence-electron chi connectivity index (χ0n) is 6.92. The molecule has 10 heavy (non-hydrogen) atoms. The standard InChI is InChI=1S/C8H15NO/c1-4-5-7(2)10-8(3)6-9/h7-8H,4-5H2,1-3H3. The van der Waals surface area contributed by atoms with Crippen LogP contribution in [-0.4, -0.2) is 12.2 Å². The van der Waals surface area contributed by atoms with Gasteiger partial charge >= 0.3 is 0 Å². The summed E-state index contributed by atoms with van der Waals surface area (Å²) < 4.78 is 5.28. The molecule has 0 saturated carbocycles. The molecule has 0 aromatic carbocycles. The molecule has 0 heterocycles. The lowest BCUT2D eigenvalue weighted by Crippen LogP contribution is -2.14. The molecule has 0 aliphatic heterocycles. The molecule has 0 aromatic rings. The maximum atomic E-state index is 8.38. The number of nitriles is 1. The van der Waals surface area contributed by atoms with Crippen LogP contribution in [0.4, 0.5) is 0 Å². The minimum atomic E-state index is -0.262. The van der Waals surface area contributed by atoms with E-state index in [1.807, 2.05) is 13.0 Å². The molecule has 2 nitrogen and oxygen atoms in total. The topological polar surface area (TPSA) is 33.0 Å². The van der Waals surface area contributed by atoms with Gasteiger partial charge in [0.05, 0.1) is 12.2 Å². The van der Waals surface area contributed by atoms with Gasteiger partial charge in [-0.25, -0.2) is 0 Å². The van der Waals surface area contributed by atoms with Gasteiger partial charge in [0.15, 0.2) is 0 Å². The highest BCUT2D eigenvalue weighted by atomic mass is 16.5. The molecule has 0 amide bonds. The van der Waals surface area contributed by atoms with E-state index in [9.17, 15) is 0 Å². The van der Waals surface area contributed by atoms with Crippen LogP contribution in [0, 0.1) is 11.3 Å². The third-order valence-corrected chi connectivity index (χ3v) is 1.31. The highest BCUT2D eigenvalue weighted by Gasteiger charge is 2.04. The van der Waals surface area contributed by atoms with Gasteiger partial charge in [0, 0.05) is 0 Å². The van der Waals surface area contributed by atoms with E-state index in [0.717, 1.165) is 12.8 Å². The quantitative estimate of drug-likeness (QED) is 0.600. The van der Waals surface area contributed by atoms with Crippen LogP contribution in [0.5, 0.6) is 0 Å². The Kier molecular flexibility index (Phi) is 4.96. The average molecular weight is 141 g/mol. The van der Waals surface area contributed by atoms with Crippen molar-refractivity contribution >= 4 is 0 Å². The van der Waals surface area contributed by atoms with Crippen LogP contribution < -0.4 is 0 Å². The lowest BCUT2D eigenvalue weighted by molar-refractivity contribution is 0.0329. The third kappa shape index (κ3) is 4.34. The van der Waals surface area contributed by atoms with Gasteiger partial charge in [-0.2, -0.15) is 5.26 Å². The maximum Gasteiger partial charge on any atom is 0.141 e. The van der Waals surface area contributed by atoms with Crippen molar-refractivity contribution in [1.29, 1.82) is 5.26 Å². The van der Waals surface area contributed by atoms with Crippen molar-refractivity contribution < 1.29 is 4.74 Å². The number of hydrogen-bond acceptors (Lipinski definition) is 2. The number of nitrogens with zero attached hydrogens (tertiary/aromatic N) is 1. The van der Waals surface area contributed by atoms with Crippen LogP contribution in [0.15, 0.2) is 0 Å². The summed E-state index contributed by atoms with van der Waals surface area (Å²) in [6, 6.07) is 2.03. The van der Waals surface area contributed by atoms with E-state index >= 15 is 0 Å². The Morgan fingerprint density at radius 2 is 2.10 bits per heavy atom. The Balaban J connectivity index is 3.39. The molecule has 0 saturated heterocycles. The minimum absolute atomic E-state index is 0.222. The number of hydrogen-bond donors (Lipinski definition) is 0. The Morgan fingerprint density at radius 3 is 2.50 bits per heavy atom. The zero-order chi connectivity index (χ0) is 7.98. The van der Waals surface area contributed by atoms with Gasteiger partial charge in [0.25, 0.3) is 0 Å². The molecule has 0 N–H and O–H groups in total. The van der Waals surface area contributed by atoms with Crippen LogP contribution >= 0.6 is 0 Å². The second kappa shape index (κ2) is 5.25. The zero-order valence-corrected chi connectivity index (χ0v) is 6.92. The highest BCUT2D eigenvalue weighted by Crippen LogP contribution is 2.03. The molecule has 58 valence electrons. The largest absolute Gasteiger partial charge is 0.361 e. The van der Waals surface area contributed by atoms with Crippen molar-refractivity contribution in [3.05, 3.63) is 0 Å². The molecule has 0 rings (SSSR count). The molecule has 2 unspecified atom stereocenters. The summed E-state index contributed by atoms with van der Waals surface area (Å²) >= 11 is 0. The first kappa shape index (κ1) is 9.45. The Bertz CT molecular complexity index is 117. The molecule has 0 aromatic heterocycles. The van der Waals surface area contributed by atoms with E-state index in [2.05, 4.69) is 6.92 Å². The van der Waals surface area contributed by atoms with Crippen molar-refractivity contribution in [2.75, 3.05) is 0 Å². The summed E-state index contributed by atoms with van der Waals surface area (Å²) in [5.41, 5.74) is 0. The second-order valence-electron chi connectivity index (χ2n) is 2.51. The first-order valence-corrected chi connectivity index (χ1v) is 3.75. The van der Waals surface area contributed by atoms with Crippen molar-refractivity contribution in [2.24, 2.45) is 0 Å². The summed E-state index contributed by atoms with van der Waals surface area (Å²) in [7, 11) is 0. The fourth-order valence-corrected chi connectivity index (χ4v) is 0.853. The van der Waals surface area contributed by atoms with Gasteiger partial charge in [0.2, 0.25) is 0 Å². The van der Waals surface area contributed by atoms with E-state index in [-0.39, 0.29) is 12.2 Å². The first-order valence-electron chi connectivity index (χ1n) is 3.75. The van der Waals surface area contributed by atoms with E-state index in [1.54, 1.807) is 6.92 Å². The molecular weight excluding hydrogens is 126 g/mol. The van der Waals surface area contributed by atoms with Crippen molar-refractivity contribution in [3.63, 3.8) is 0 Å². The molecular formula is C8H15NO. The van der Waals surface area contributed by atoms with Crippen LogP contribution in [-0.2, 0) is 4.74 Å². The smallest absolute Gasteiger partial charge is 0.141 e. The molecule has 0 aliphatic rings. The monoisotopic (exact) mass is 141 g/mol. The summed E-state index contributed by atoms with van der Waals surface area (Å²) in [5.74, 6) is 0. The third-order valence-electron chi connectivity index (χ3n) is 1.31. The van der Waals surface area contributed by atoms with E-state index in [4.69, 9.17) is 10.00 Å². The molecule has 2 atom stereocenters. The average Bonchev–Trinajstić information content (AvgIpc) is 1.88. The SMILES string of the molecule is CCCC(C)OC(C)C#N. The molecule has 0 fully saturated rings. The van der Waals surface area contributed by atoms with E-state index in [0.29, 0.717) is 0 Å². The number of ether oxygens (including phenoxy) is 1. The predicted octanol–water partition coefficient (Wildman–Crippen LogP) is 2.10. The lowest BCUT2D eigenvalue weighted by Gasteiger charge is -2.12. The van der Waals surface area contributed by atoms with Gasteiger partial charge < -0.3 is 4.74 Å². The summed E-state index contributed by atoms with van der Waals surface area (Å²) in [6.07, 6.45) is 2.10. The summed E-state index contributed by atoms with van der Waals surface area (Å²) in [5, 5.41) is 8.38. The van der Waals surface area contributed by atoms with E-state index in [1.165, 1.54) is 0 Å². The number of rotatable bonds is 4. The second-order valence-corrected chi connectivity index (χ2v) is 2.51. The van der Waals surface area contributed by atoms with Gasteiger partial charge in [-0.1, -0.05) is 13.3 Å². The predicted molar refractivity (Wildman–Crippen MR) is 40.5 cm³/mol. The van der Waals surface area contributed by atoms with Gasteiger partial charge in [-0.15, -0.1) is 0 Å². The van der Waals surface area contributed by atoms with Gasteiger partial charge in [0.1, 0.15) is 6.10 Å². The van der Waals surface area contributed by atoms with E-state index < -0.39 is 0 Å². The fourth-order valence-electron chi connectivity index (χ4n) is 0.853. The first-order chi connectivity index (χ1) is 4.70. The normalized spacial score (nSPS) is 15.8. The fraction of sp³-hybridized carbons (Fsp3) is 0.875. The van der Waals surface area contributed by atoms with Crippen molar-refractivity contribution in [3.8, 4) is 6.07 Å². The maximum absolute atomic E-state index is 8.38. The molecule has 0 radical (unpaired) electrons. The Morgan fingerprint density at radius 1 is 1.50 bits per heavy atom. The molecule has 0 aliphatic carbocycles. The molecule has 0 spiro atoms. The van der Waals surface area contributed by atoms with Crippen LogP contribution in [0.1, 0.15) is 33.6 Å². The van der Waals surface area contributed by atoms with Gasteiger partial charge in [-0.3, -0.25) is 0 Å². The van der Waals surface area contributed by atoms with Gasteiger partial charge in [-0.05, 0) is 20.3 Å². The summed E-state index contributed by atoms with van der Waals surface area (Å²) in [6.45, 7) is 5.88. The van der Waals surface area contributed by atoms with Crippen molar-refractivity contribution in [1.82, 2.24) is 0 Å². The molecule has 0 bridgehead atoms. The lowest BCUT2D eigenvalue weighted by atomic mass is 10.2. The van der Waals surface area contributed by atoms with Crippen LogP contribution in [0.25, 0.3) is 0 Å². The molecule has 2 heteroatoms. The highest BCUT2D eigenvalue weighted by molar-refractivity contribution is 4.79.